The van der Waals surface area contributed by atoms with Gasteiger partial charge >= 0.3 is 0 Å². The number of benzene rings is 1. The van der Waals surface area contributed by atoms with Crippen molar-refractivity contribution < 1.29 is 4.74 Å². The first-order valence-corrected chi connectivity index (χ1v) is 6.78. The van der Waals surface area contributed by atoms with Gasteiger partial charge in [0.15, 0.2) is 0 Å². The number of aryl methyl sites for hydroxylation is 2. The summed E-state index contributed by atoms with van der Waals surface area (Å²) in [5.74, 6) is 1.88. The van der Waals surface area contributed by atoms with Crippen molar-refractivity contribution in [1.29, 1.82) is 0 Å². The topological polar surface area (TPSA) is 35.2 Å². The second-order valence-electron chi connectivity index (χ2n) is 4.94. The lowest BCUT2D eigenvalue weighted by Gasteiger charge is -2.12. The molecule has 2 rings (SSSR count). The van der Waals surface area contributed by atoms with Crippen LogP contribution in [-0.2, 0) is 12.8 Å². The van der Waals surface area contributed by atoms with E-state index in [9.17, 15) is 0 Å². The fourth-order valence-corrected chi connectivity index (χ4v) is 1.97. The van der Waals surface area contributed by atoms with E-state index in [0.717, 1.165) is 44.1 Å². The molecule has 1 saturated carbocycles. The van der Waals surface area contributed by atoms with E-state index < -0.39 is 0 Å². The van der Waals surface area contributed by atoms with Crippen molar-refractivity contribution >= 4 is 0 Å². The van der Waals surface area contributed by atoms with Crippen molar-refractivity contribution in [3.05, 3.63) is 29.3 Å². The number of ether oxygens (including phenoxy) is 1. The Bertz CT molecular complexity index is 358. The molecule has 0 heterocycles. The Morgan fingerprint density at radius 3 is 2.82 bits per heavy atom. The Balaban J connectivity index is 2.03. The van der Waals surface area contributed by atoms with Crippen molar-refractivity contribution in [2.45, 2.75) is 39.0 Å². The minimum absolute atomic E-state index is 0.748. The van der Waals surface area contributed by atoms with Gasteiger partial charge in [0.05, 0.1) is 6.61 Å². The maximum absolute atomic E-state index is 5.92. The van der Waals surface area contributed by atoms with Gasteiger partial charge in [0.1, 0.15) is 5.75 Å². The lowest BCUT2D eigenvalue weighted by Crippen LogP contribution is -2.05. The summed E-state index contributed by atoms with van der Waals surface area (Å²) >= 11 is 0. The summed E-state index contributed by atoms with van der Waals surface area (Å²) in [6.45, 7) is 3.83. The Kier molecular flexibility index (Phi) is 4.43. The molecule has 0 bridgehead atoms. The van der Waals surface area contributed by atoms with Crippen molar-refractivity contribution in [2.24, 2.45) is 11.7 Å². The number of hydrogen-bond donors (Lipinski definition) is 1. The molecular formula is C15H23NO. The van der Waals surface area contributed by atoms with Crippen LogP contribution in [0.3, 0.4) is 0 Å². The first kappa shape index (κ1) is 12.4. The third-order valence-electron chi connectivity index (χ3n) is 3.35. The molecule has 1 fully saturated rings. The van der Waals surface area contributed by atoms with Gasteiger partial charge in [0.2, 0.25) is 0 Å². The maximum atomic E-state index is 5.92. The maximum Gasteiger partial charge on any atom is 0.122 e. The van der Waals surface area contributed by atoms with Gasteiger partial charge in [-0.25, -0.2) is 0 Å². The smallest absolute Gasteiger partial charge is 0.122 e. The quantitative estimate of drug-likeness (QED) is 0.786. The van der Waals surface area contributed by atoms with Gasteiger partial charge in [-0.15, -0.1) is 0 Å². The summed E-state index contributed by atoms with van der Waals surface area (Å²) in [5, 5.41) is 0. The number of rotatable bonds is 7. The molecule has 2 heteroatoms. The summed E-state index contributed by atoms with van der Waals surface area (Å²) < 4.78 is 5.92. The SMILES string of the molecule is CCc1ccc(OCC2CC2)c(CCCN)c1. The van der Waals surface area contributed by atoms with Crippen LogP contribution in [0.4, 0.5) is 0 Å². The van der Waals surface area contributed by atoms with Gasteiger partial charge in [0, 0.05) is 0 Å². The van der Waals surface area contributed by atoms with Crippen LogP contribution in [0.25, 0.3) is 0 Å². The summed E-state index contributed by atoms with van der Waals surface area (Å²) in [7, 11) is 0. The second-order valence-corrected chi connectivity index (χ2v) is 4.94. The lowest BCUT2D eigenvalue weighted by atomic mass is 10.0. The molecule has 0 atom stereocenters. The molecule has 94 valence electrons. The van der Waals surface area contributed by atoms with E-state index in [1.807, 2.05) is 0 Å². The first-order valence-electron chi connectivity index (χ1n) is 6.78. The average Bonchev–Trinajstić information content (AvgIpc) is 3.18. The molecule has 0 saturated heterocycles. The third kappa shape index (κ3) is 3.74. The van der Waals surface area contributed by atoms with Crippen LogP contribution >= 0.6 is 0 Å². The van der Waals surface area contributed by atoms with Crippen LogP contribution in [0.5, 0.6) is 5.75 Å². The second kappa shape index (κ2) is 6.06. The standard InChI is InChI=1S/C15H23NO/c1-2-12-7-8-15(17-11-13-5-6-13)14(10-12)4-3-9-16/h7-8,10,13H,2-6,9,11,16H2,1H3. The highest BCUT2D eigenvalue weighted by molar-refractivity contribution is 5.37. The van der Waals surface area contributed by atoms with Gasteiger partial charge in [-0.1, -0.05) is 19.1 Å². The molecule has 17 heavy (non-hydrogen) atoms. The molecule has 0 aromatic heterocycles. The fourth-order valence-electron chi connectivity index (χ4n) is 1.97. The van der Waals surface area contributed by atoms with Crippen LogP contribution < -0.4 is 10.5 Å². The molecule has 1 aliphatic rings. The zero-order valence-electron chi connectivity index (χ0n) is 10.7. The molecule has 1 aromatic carbocycles. The molecule has 2 N–H and O–H groups in total. The summed E-state index contributed by atoms with van der Waals surface area (Å²) in [5.41, 5.74) is 8.30. The van der Waals surface area contributed by atoms with Gasteiger partial charge in [-0.2, -0.15) is 0 Å². The lowest BCUT2D eigenvalue weighted by molar-refractivity contribution is 0.296. The van der Waals surface area contributed by atoms with Crippen LogP contribution in [0.1, 0.15) is 37.3 Å². The molecule has 1 aliphatic carbocycles. The van der Waals surface area contributed by atoms with E-state index in [0.29, 0.717) is 0 Å². The number of hydrogen-bond acceptors (Lipinski definition) is 2. The Morgan fingerprint density at radius 1 is 1.35 bits per heavy atom. The first-order chi connectivity index (χ1) is 8.33. The van der Waals surface area contributed by atoms with Crippen LogP contribution in [0.2, 0.25) is 0 Å². The van der Waals surface area contributed by atoms with E-state index in [2.05, 4.69) is 25.1 Å². The average molecular weight is 233 g/mol. The van der Waals surface area contributed by atoms with E-state index in [4.69, 9.17) is 10.5 Å². The van der Waals surface area contributed by atoms with Crippen molar-refractivity contribution in [3.8, 4) is 5.75 Å². The van der Waals surface area contributed by atoms with Gasteiger partial charge < -0.3 is 10.5 Å². The number of nitrogens with two attached hydrogens (primary N) is 1. The zero-order chi connectivity index (χ0) is 12.1. The normalized spacial score (nSPS) is 14.9. The van der Waals surface area contributed by atoms with E-state index in [1.54, 1.807) is 0 Å². The highest BCUT2D eigenvalue weighted by atomic mass is 16.5. The highest BCUT2D eigenvalue weighted by Crippen LogP contribution is 2.31. The molecule has 2 nitrogen and oxygen atoms in total. The molecule has 1 aromatic rings. The fraction of sp³-hybridized carbons (Fsp3) is 0.600. The van der Waals surface area contributed by atoms with Crippen molar-refractivity contribution in [1.82, 2.24) is 0 Å². The predicted octanol–water partition coefficient (Wildman–Crippen LogP) is 2.93. The summed E-state index contributed by atoms with van der Waals surface area (Å²) in [6, 6.07) is 6.58. The predicted molar refractivity (Wildman–Crippen MR) is 71.4 cm³/mol. The summed E-state index contributed by atoms with van der Waals surface area (Å²) in [4.78, 5) is 0. The molecule has 0 aliphatic heterocycles. The third-order valence-corrected chi connectivity index (χ3v) is 3.35. The van der Waals surface area contributed by atoms with Crippen LogP contribution in [0.15, 0.2) is 18.2 Å². The molecular weight excluding hydrogens is 210 g/mol. The molecule has 0 amide bonds. The van der Waals surface area contributed by atoms with Gasteiger partial charge in [-0.3, -0.25) is 0 Å². The Labute approximate surface area is 104 Å². The Morgan fingerprint density at radius 2 is 2.18 bits per heavy atom. The minimum Gasteiger partial charge on any atom is -0.493 e. The van der Waals surface area contributed by atoms with E-state index in [-0.39, 0.29) is 0 Å². The van der Waals surface area contributed by atoms with E-state index in [1.165, 1.54) is 24.0 Å². The minimum atomic E-state index is 0.748. The largest absolute Gasteiger partial charge is 0.493 e. The van der Waals surface area contributed by atoms with Gasteiger partial charge in [-0.05, 0) is 61.8 Å². The van der Waals surface area contributed by atoms with E-state index >= 15 is 0 Å². The monoisotopic (exact) mass is 233 g/mol. The zero-order valence-corrected chi connectivity index (χ0v) is 10.7. The van der Waals surface area contributed by atoms with Crippen LogP contribution in [0, 0.1) is 5.92 Å². The Hall–Kier alpha value is -1.02. The van der Waals surface area contributed by atoms with Crippen LogP contribution in [-0.4, -0.2) is 13.2 Å². The summed E-state index contributed by atoms with van der Waals surface area (Å²) in [6.07, 6.45) is 5.83. The van der Waals surface area contributed by atoms with Crippen molar-refractivity contribution in [3.63, 3.8) is 0 Å². The molecule has 0 radical (unpaired) electrons. The highest BCUT2D eigenvalue weighted by Gasteiger charge is 2.22. The molecule has 0 spiro atoms. The van der Waals surface area contributed by atoms with Gasteiger partial charge in [0.25, 0.3) is 0 Å². The molecule has 0 unspecified atom stereocenters. The van der Waals surface area contributed by atoms with Crippen molar-refractivity contribution in [2.75, 3.05) is 13.2 Å².